The van der Waals surface area contributed by atoms with Crippen molar-refractivity contribution in [2.45, 2.75) is 11.3 Å². The Balaban J connectivity index is 2.61. The van der Waals surface area contributed by atoms with Gasteiger partial charge in [-0.3, -0.25) is 0 Å². The van der Waals surface area contributed by atoms with Gasteiger partial charge in [0.15, 0.2) is 0 Å². The van der Waals surface area contributed by atoms with Gasteiger partial charge in [0, 0.05) is 4.90 Å². The highest BCUT2D eigenvalue weighted by atomic mass is 32.2. The quantitative estimate of drug-likeness (QED) is 0.588. The van der Waals surface area contributed by atoms with Gasteiger partial charge in [-0.25, -0.2) is 0 Å². The first-order valence-electron chi connectivity index (χ1n) is 4.82. The summed E-state index contributed by atoms with van der Waals surface area (Å²) in [5, 5.41) is 3.13. The maximum absolute atomic E-state index is 3.13. The maximum Gasteiger partial charge on any atom is 0.0141 e. The first-order valence-corrected chi connectivity index (χ1v) is 6.05. The molecule has 14 heavy (non-hydrogen) atoms. The van der Waals surface area contributed by atoms with E-state index in [1.807, 2.05) is 7.05 Å². The molecule has 0 aliphatic heterocycles. The second-order valence-corrected chi connectivity index (χ2v) is 3.88. The first kappa shape index (κ1) is 11.3. The molecule has 0 amide bonds. The third-order valence-electron chi connectivity index (χ3n) is 2.00. The summed E-state index contributed by atoms with van der Waals surface area (Å²) < 4.78 is 0. The van der Waals surface area contributed by atoms with Crippen LogP contribution in [0.1, 0.15) is 12.0 Å². The Morgan fingerprint density at radius 1 is 1.36 bits per heavy atom. The molecule has 0 heterocycles. The molecule has 1 nitrogen and oxygen atoms in total. The molecule has 0 aromatic heterocycles. The summed E-state index contributed by atoms with van der Waals surface area (Å²) in [6, 6.07) is 8.47. The molecule has 1 N–H and O–H groups in total. The molecule has 1 rings (SSSR count). The highest BCUT2D eigenvalue weighted by Gasteiger charge is 1.94. The zero-order valence-electron chi connectivity index (χ0n) is 8.79. The number of hydrogen-bond donors (Lipinski definition) is 1. The summed E-state index contributed by atoms with van der Waals surface area (Å²) in [6.45, 7) is 1.04. The van der Waals surface area contributed by atoms with Crippen LogP contribution in [0.15, 0.2) is 35.2 Å². The van der Waals surface area contributed by atoms with Gasteiger partial charge in [-0.2, -0.15) is 0 Å². The molecule has 2 heteroatoms. The lowest BCUT2D eigenvalue weighted by atomic mass is 10.2. The molecule has 0 radical (unpaired) electrons. The summed E-state index contributed by atoms with van der Waals surface area (Å²) in [5.74, 6) is 0. The van der Waals surface area contributed by atoms with Crippen LogP contribution in [0.25, 0.3) is 6.08 Å². The molecule has 0 spiro atoms. The summed E-state index contributed by atoms with van der Waals surface area (Å²) in [4.78, 5) is 1.34. The zero-order chi connectivity index (χ0) is 10.2. The van der Waals surface area contributed by atoms with Gasteiger partial charge in [0.05, 0.1) is 0 Å². The fourth-order valence-corrected chi connectivity index (χ4v) is 1.83. The molecule has 1 aromatic rings. The highest BCUT2D eigenvalue weighted by Crippen LogP contribution is 2.20. The maximum atomic E-state index is 3.13. The van der Waals surface area contributed by atoms with Crippen molar-refractivity contribution < 1.29 is 0 Å². The molecule has 0 saturated heterocycles. The van der Waals surface area contributed by atoms with E-state index in [0.29, 0.717) is 0 Å². The molecular weight excluding hydrogens is 190 g/mol. The normalized spacial score (nSPS) is 11.0. The van der Waals surface area contributed by atoms with E-state index in [1.165, 1.54) is 10.5 Å². The standard InChI is InChI=1S/C12H17NS/c1-13-10-6-5-8-11-7-3-4-9-12(11)14-2/h3-5,7-9,13H,6,10H2,1-2H3. The van der Waals surface area contributed by atoms with Crippen LogP contribution in [0.3, 0.4) is 0 Å². The number of benzene rings is 1. The number of hydrogen-bond acceptors (Lipinski definition) is 2. The van der Waals surface area contributed by atoms with Crippen molar-refractivity contribution in [1.82, 2.24) is 5.32 Å². The minimum atomic E-state index is 1.04. The number of rotatable bonds is 5. The van der Waals surface area contributed by atoms with E-state index >= 15 is 0 Å². The van der Waals surface area contributed by atoms with Crippen molar-refractivity contribution in [2.24, 2.45) is 0 Å². The van der Waals surface area contributed by atoms with Crippen LogP contribution >= 0.6 is 11.8 Å². The Kier molecular flexibility index (Phi) is 5.42. The predicted octanol–water partition coefficient (Wildman–Crippen LogP) is 3.03. The van der Waals surface area contributed by atoms with Crippen LogP contribution < -0.4 is 5.32 Å². The van der Waals surface area contributed by atoms with Crippen molar-refractivity contribution in [3.8, 4) is 0 Å². The Morgan fingerprint density at radius 3 is 2.86 bits per heavy atom. The third-order valence-corrected chi connectivity index (χ3v) is 2.81. The minimum Gasteiger partial charge on any atom is -0.319 e. The highest BCUT2D eigenvalue weighted by molar-refractivity contribution is 7.98. The lowest BCUT2D eigenvalue weighted by molar-refractivity contribution is 0.809. The summed E-state index contributed by atoms with van der Waals surface area (Å²) in [7, 11) is 1.98. The van der Waals surface area contributed by atoms with Crippen molar-refractivity contribution in [1.29, 1.82) is 0 Å². The van der Waals surface area contributed by atoms with Gasteiger partial charge < -0.3 is 5.32 Å². The van der Waals surface area contributed by atoms with E-state index in [0.717, 1.165) is 13.0 Å². The molecule has 0 aliphatic rings. The lowest BCUT2D eigenvalue weighted by Crippen LogP contribution is -2.05. The fourth-order valence-electron chi connectivity index (χ4n) is 1.24. The lowest BCUT2D eigenvalue weighted by Gasteiger charge is -2.01. The van der Waals surface area contributed by atoms with E-state index in [-0.39, 0.29) is 0 Å². The topological polar surface area (TPSA) is 12.0 Å². The SMILES string of the molecule is CNCCC=Cc1ccccc1SC. The zero-order valence-corrected chi connectivity index (χ0v) is 9.60. The van der Waals surface area contributed by atoms with E-state index in [1.54, 1.807) is 11.8 Å². The van der Waals surface area contributed by atoms with E-state index in [2.05, 4.69) is 48.0 Å². The molecule has 0 unspecified atom stereocenters. The molecule has 0 bridgehead atoms. The molecule has 1 aromatic carbocycles. The molecule has 0 fully saturated rings. The Hall–Kier alpha value is -0.730. The second-order valence-electron chi connectivity index (χ2n) is 3.04. The first-order chi connectivity index (χ1) is 6.88. The largest absolute Gasteiger partial charge is 0.319 e. The Morgan fingerprint density at radius 2 is 2.14 bits per heavy atom. The van der Waals surface area contributed by atoms with Crippen molar-refractivity contribution in [2.75, 3.05) is 19.8 Å². The Labute approximate surface area is 90.6 Å². The summed E-state index contributed by atoms with van der Waals surface area (Å²) in [6.07, 6.45) is 7.61. The van der Waals surface area contributed by atoms with Crippen LogP contribution in [-0.4, -0.2) is 19.8 Å². The third kappa shape index (κ3) is 3.56. The predicted molar refractivity (Wildman–Crippen MR) is 65.8 cm³/mol. The summed E-state index contributed by atoms with van der Waals surface area (Å²) >= 11 is 1.79. The monoisotopic (exact) mass is 207 g/mol. The van der Waals surface area contributed by atoms with Crippen LogP contribution in [-0.2, 0) is 0 Å². The fraction of sp³-hybridized carbons (Fsp3) is 0.333. The van der Waals surface area contributed by atoms with Crippen LogP contribution in [0.2, 0.25) is 0 Å². The number of nitrogens with one attached hydrogen (secondary N) is 1. The van der Waals surface area contributed by atoms with E-state index < -0.39 is 0 Å². The van der Waals surface area contributed by atoms with Gasteiger partial charge in [-0.05, 0) is 37.9 Å². The minimum absolute atomic E-state index is 1.04. The molecule has 0 atom stereocenters. The summed E-state index contributed by atoms with van der Waals surface area (Å²) in [5.41, 5.74) is 1.32. The smallest absolute Gasteiger partial charge is 0.0141 e. The van der Waals surface area contributed by atoms with Gasteiger partial charge in [-0.1, -0.05) is 30.4 Å². The molecule has 0 aliphatic carbocycles. The van der Waals surface area contributed by atoms with Crippen LogP contribution in [0.4, 0.5) is 0 Å². The van der Waals surface area contributed by atoms with Gasteiger partial charge in [0.25, 0.3) is 0 Å². The Bertz CT molecular complexity index is 294. The number of thioether (sulfide) groups is 1. The van der Waals surface area contributed by atoms with Crippen molar-refractivity contribution in [3.63, 3.8) is 0 Å². The van der Waals surface area contributed by atoms with Gasteiger partial charge >= 0.3 is 0 Å². The van der Waals surface area contributed by atoms with Crippen molar-refractivity contribution in [3.05, 3.63) is 35.9 Å². The van der Waals surface area contributed by atoms with Gasteiger partial charge in [0.2, 0.25) is 0 Å². The van der Waals surface area contributed by atoms with Crippen molar-refractivity contribution >= 4 is 17.8 Å². The van der Waals surface area contributed by atoms with Crippen LogP contribution in [0, 0.1) is 0 Å². The van der Waals surface area contributed by atoms with Gasteiger partial charge in [-0.15, -0.1) is 11.8 Å². The average molecular weight is 207 g/mol. The molecule has 76 valence electrons. The molecular formula is C12H17NS. The van der Waals surface area contributed by atoms with Gasteiger partial charge in [0.1, 0.15) is 0 Å². The van der Waals surface area contributed by atoms with Crippen LogP contribution in [0.5, 0.6) is 0 Å². The van der Waals surface area contributed by atoms with E-state index in [9.17, 15) is 0 Å². The molecule has 0 saturated carbocycles. The average Bonchev–Trinajstić information content (AvgIpc) is 2.25. The van der Waals surface area contributed by atoms with E-state index in [4.69, 9.17) is 0 Å². The second kappa shape index (κ2) is 6.68.